The van der Waals surface area contributed by atoms with Gasteiger partial charge in [0.25, 0.3) is 0 Å². The highest BCUT2D eigenvalue weighted by Crippen LogP contribution is 2.22. The quantitative estimate of drug-likeness (QED) is 0.758. The summed E-state index contributed by atoms with van der Waals surface area (Å²) in [4.78, 5) is 24.7. The number of carbonyl (C=O) groups excluding carboxylic acids is 2. The average molecular weight is 234 g/mol. The molecule has 1 atom stereocenters. The van der Waals surface area contributed by atoms with Crippen molar-refractivity contribution >= 4 is 17.6 Å². The first-order valence-corrected chi connectivity index (χ1v) is 5.39. The molecule has 5 nitrogen and oxygen atoms in total. The SMILES string of the molecule is COC(=O)c1cccc(N2CCC(N)C2=O)c1. The number of anilines is 1. The highest BCUT2D eigenvalue weighted by molar-refractivity contribution is 6.00. The summed E-state index contributed by atoms with van der Waals surface area (Å²) in [7, 11) is 1.33. The van der Waals surface area contributed by atoms with Crippen LogP contribution in [0.4, 0.5) is 5.69 Å². The third kappa shape index (κ3) is 2.14. The molecule has 0 saturated carbocycles. The number of carbonyl (C=O) groups is 2. The predicted molar refractivity (Wildman–Crippen MR) is 62.7 cm³/mol. The Bertz CT molecular complexity index is 459. The Labute approximate surface area is 99.2 Å². The molecule has 90 valence electrons. The first kappa shape index (κ1) is 11.6. The minimum Gasteiger partial charge on any atom is -0.465 e. The van der Waals surface area contributed by atoms with Crippen molar-refractivity contribution in [2.75, 3.05) is 18.6 Å². The van der Waals surface area contributed by atoms with Gasteiger partial charge in [0.1, 0.15) is 0 Å². The number of hydrogen-bond acceptors (Lipinski definition) is 4. The third-order valence-corrected chi connectivity index (χ3v) is 2.83. The molecule has 1 unspecified atom stereocenters. The fraction of sp³-hybridized carbons (Fsp3) is 0.333. The summed E-state index contributed by atoms with van der Waals surface area (Å²) in [6.45, 7) is 0.588. The normalized spacial score (nSPS) is 19.5. The Morgan fingerprint density at radius 3 is 2.88 bits per heavy atom. The fourth-order valence-corrected chi connectivity index (χ4v) is 1.88. The zero-order chi connectivity index (χ0) is 12.4. The second-order valence-electron chi connectivity index (χ2n) is 3.93. The van der Waals surface area contributed by atoms with Crippen molar-refractivity contribution in [1.29, 1.82) is 0 Å². The van der Waals surface area contributed by atoms with Gasteiger partial charge < -0.3 is 15.4 Å². The van der Waals surface area contributed by atoms with Gasteiger partial charge in [-0.3, -0.25) is 4.79 Å². The Kier molecular flexibility index (Phi) is 3.10. The molecule has 5 heteroatoms. The van der Waals surface area contributed by atoms with Crippen LogP contribution in [0.1, 0.15) is 16.8 Å². The minimum absolute atomic E-state index is 0.105. The van der Waals surface area contributed by atoms with E-state index in [4.69, 9.17) is 5.73 Å². The molecule has 1 aliphatic rings. The summed E-state index contributed by atoms with van der Waals surface area (Å²) >= 11 is 0. The molecule has 0 bridgehead atoms. The van der Waals surface area contributed by atoms with Gasteiger partial charge in [0, 0.05) is 12.2 Å². The van der Waals surface area contributed by atoms with Crippen LogP contribution in [0.15, 0.2) is 24.3 Å². The largest absolute Gasteiger partial charge is 0.465 e. The lowest BCUT2D eigenvalue weighted by atomic mass is 10.2. The Morgan fingerprint density at radius 2 is 2.29 bits per heavy atom. The summed E-state index contributed by atoms with van der Waals surface area (Å²) in [6.07, 6.45) is 0.640. The van der Waals surface area contributed by atoms with Crippen LogP contribution in [0.5, 0.6) is 0 Å². The Morgan fingerprint density at radius 1 is 1.53 bits per heavy atom. The molecule has 0 aromatic heterocycles. The van der Waals surface area contributed by atoms with Gasteiger partial charge in [0.2, 0.25) is 5.91 Å². The highest BCUT2D eigenvalue weighted by atomic mass is 16.5. The van der Waals surface area contributed by atoms with Crippen molar-refractivity contribution in [3.05, 3.63) is 29.8 Å². The number of nitrogens with two attached hydrogens (primary N) is 1. The molecule has 0 spiro atoms. The lowest BCUT2D eigenvalue weighted by Crippen LogP contribution is -2.34. The van der Waals surface area contributed by atoms with Gasteiger partial charge in [0.15, 0.2) is 0 Å². The van der Waals surface area contributed by atoms with Crippen molar-refractivity contribution in [2.45, 2.75) is 12.5 Å². The molecule has 1 saturated heterocycles. The second-order valence-corrected chi connectivity index (χ2v) is 3.93. The lowest BCUT2D eigenvalue weighted by Gasteiger charge is -2.16. The van der Waals surface area contributed by atoms with Gasteiger partial charge in [-0.15, -0.1) is 0 Å². The number of esters is 1. The summed E-state index contributed by atoms with van der Waals surface area (Å²) in [5, 5.41) is 0. The second kappa shape index (κ2) is 4.55. The Hall–Kier alpha value is -1.88. The van der Waals surface area contributed by atoms with E-state index in [0.29, 0.717) is 24.2 Å². The minimum atomic E-state index is -0.434. The molecule has 1 heterocycles. The summed E-state index contributed by atoms with van der Waals surface area (Å²) in [5.74, 6) is -0.519. The molecule has 2 N–H and O–H groups in total. The van der Waals surface area contributed by atoms with Gasteiger partial charge >= 0.3 is 5.97 Å². The lowest BCUT2D eigenvalue weighted by molar-refractivity contribution is -0.118. The van der Waals surface area contributed by atoms with Crippen LogP contribution < -0.4 is 10.6 Å². The first-order valence-electron chi connectivity index (χ1n) is 5.39. The number of methoxy groups -OCH3 is 1. The van der Waals surface area contributed by atoms with E-state index in [2.05, 4.69) is 4.74 Å². The monoisotopic (exact) mass is 234 g/mol. The van der Waals surface area contributed by atoms with E-state index < -0.39 is 12.0 Å². The molecular weight excluding hydrogens is 220 g/mol. The van der Waals surface area contributed by atoms with Crippen LogP contribution in [0, 0.1) is 0 Å². The third-order valence-electron chi connectivity index (χ3n) is 2.83. The van der Waals surface area contributed by atoms with Gasteiger partial charge in [-0.25, -0.2) is 4.79 Å². The number of hydrogen-bond donors (Lipinski definition) is 1. The molecule has 1 aromatic carbocycles. The number of nitrogens with zero attached hydrogens (tertiary/aromatic N) is 1. The molecular formula is C12H14N2O3. The van der Waals surface area contributed by atoms with Crippen LogP contribution in [0.3, 0.4) is 0 Å². The van der Waals surface area contributed by atoms with Crippen molar-refractivity contribution < 1.29 is 14.3 Å². The zero-order valence-electron chi connectivity index (χ0n) is 9.55. The van der Waals surface area contributed by atoms with Crippen molar-refractivity contribution in [3.8, 4) is 0 Å². The molecule has 0 radical (unpaired) electrons. The van der Waals surface area contributed by atoms with Crippen LogP contribution in [0.25, 0.3) is 0 Å². The van der Waals surface area contributed by atoms with Crippen molar-refractivity contribution in [2.24, 2.45) is 5.73 Å². The molecule has 1 aliphatic heterocycles. The van der Waals surface area contributed by atoms with E-state index in [-0.39, 0.29) is 5.91 Å². The number of ether oxygens (including phenoxy) is 1. The predicted octanol–water partition coefficient (Wildman–Crippen LogP) is 0.537. The summed E-state index contributed by atoms with van der Waals surface area (Å²) < 4.78 is 4.63. The molecule has 0 aliphatic carbocycles. The smallest absolute Gasteiger partial charge is 0.337 e. The molecule has 1 amide bonds. The molecule has 1 fully saturated rings. The topological polar surface area (TPSA) is 72.6 Å². The van der Waals surface area contributed by atoms with Crippen LogP contribution in [-0.4, -0.2) is 31.6 Å². The van der Waals surface area contributed by atoms with Gasteiger partial charge in [-0.2, -0.15) is 0 Å². The zero-order valence-corrected chi connectivity index (χ0v) is 9.55. The molecule has 1 aromatic rings. The van der Waals surface area contributed by atoms with E-state index in [1.807, 2.05) is 0 Å². The van der Waals surface area contributed by atoms with Crippen molar-refractivity contribution in [3.63, 3.8) is 0 Å². The standard InChI is InChI=1S/C12H14N2O3/c1-17-12(16)8-3-2-4-9(7-8)14-6-5-10(13)11(14)15/h2-4,7,10H,5-6,13H2,1H3. The maximum Gasteiger partial charge on any atom is 0.337 e. The van der Waals surface area contributed by atoms with E-state index >= 15 is 0 Å². The van der Waals surface area contributed by atoms with E-state index in [1.165, 1.54) is 7.11 Å². The van der Waals surface area contributed by atoms with Crippen LogP contribution in [0.2, 0.25) is 0 Å². The van der Waals surface area contributed by atoms with Gasteiger partial charge in [-0.1, -0.05) is 6.07 Å². The summed E-state index contributed by atoms with van der Waals surface area (Å²) in [6, 6.07) is 6.36. The van der Waals surface area contributed by atoms with Crippen LogP contribution >= 0.6 is 0 Å². The van der Waals surface area contributed by atoms with E-state index in [9.17, 15) is 9.59 Å². The average Bonchev–Trinajstić information content (AvgIpc) is 2.69. The van der Waals surface area contributed by atoms with Crippen LogP contribution in [-0.2, 0) is 9.53 Å². The van der Waals surface area contributed by atoms with Gasteiger partial charge in [-0.05, 0) is 24.6 Å². The highest BCUT2D eigenvalue weighted by Gasteiger charge is 2.29. The van der Waals surface area contributed by atoms with Crippen molar-refractivity contribution in [1.82, 2.24) is 0 Å². The number of benzene rings is 1. The van der Waals surface area contributed by atoms with Gasteiger partial charge in [0.05, 0.1) is 18.7 Å². The number of rotatable bonds is 2. The molecule has 17 heavy (non-hydrogen) atoms. The number of amides is 1. The first-order chi connectivity index (χ1) is 8.13. The molecule has 2 rings (SSSR count). The maximum atomic E-state index is 11.7. The van der Waals surface area contributed by atoms with E-state index in [1.54, 1.807) is 29.2 Å². The Balaban J connectivity index is 2.28. The maximum absolute atomic E-state index is 11.7. The van der Waals surface area contributed by atoms with E-state index in [0.717, 1.165) is 0 Å². The summed E-state index contributed by atoms with van der Waals surface area (Å²) in [5.41, 5.74) is 6.76. The fourth-order valence-electron chi connectivity index (χ4n) is 1.88.